The molecule has 0 saturated carbocycles. The van der Waals surface area contributed by atoms with Gasteiger partial charge in [0.15, 0.2) is 5.78 Å². The van der Waals surface area contributed by atoms with Crippen molar-refractivity contribution < 1.29 is 66.9 Å². The number of nitrogens with zero attached hydrogens (tertiary/aromatic N) is 3. The number of rotatable bonds is 40. The number of urea groups is 1. The van der Waals surface area contributed by atoms with E-state index in [1.807, 2.05) is 105 Å². The maximum Gasteiger partial charge on any atom is 0.312 e. The van der Waals surface area contributed by atoms with Gasteiger partial charge < -0.3 is 66.4 Å². The average molecular weight is 1320 g/mol. The zero-order valence-corrected chi connectivity index (χ0v) is 58.6. The Morgan fingerprint density at radius 1 is 0.713 bits per heavy atom. The summed E-state index contributed by atoms with van der Waals surface area (Å²) in [6.45, 7) is 18.5. The minimum atomic E-state index is -0.960. The molecule has 2 heterocycles. The number of carbonyl (C=O) groups excluding carboxylic acids is 10. The molecule has 4 rings (SSSR count). The van der Waals surface area contributed by atoms with Gasteiger partial charge in [-0.1, -0.05) is 111 Å². The second kappa shape index (κ2) is 39.9. The molecule has 0 aromatic heterocycles. The van der Waals surface area contributed by atoms with Gasteiger partial charge in [-0.15, -0.1) is 0 Å². The third kappa shape index (κ3) is 24.4. The molecule has 2 aliphatic rings. The van der Waals surface area contributed by atoms with Gasteiger partial charge in [0.05, 0.1) is 56.0 Å². The SMILES string of the molecule is CC[C@H](C)[C@@H]([C@@H](CC(=O)N1CCC[C@H]1[C@H](OC)[C@@H](C)C(=O)C[C@@H](Cc1ccccc1)C(=O)NCc1ccc(NC(=O)[C@H](CCCNC(N)=O)CC(=O)[C@@H](NC(=O)CCCC2COC(C(=O)NC)OC2)C(C)C)cc1)OC)N(C)C(=O)[C@@H](NC(=O)[C@H](C(C)C)N(C)C)C(C)C. The smallest absolute Gasteiger partial charge is 0.312 e. The van der Waals surface area contributed by atoms with Gasteiger partial charge in [0.1, 0.15) is 11.8 Å². The average Bonchev–Trinajstić information content (AvgIpc) is 1.42. The van der Waals surface area contributed by atoms with Gasteiger partial charge in [-0.25, -0.2) is 4.79 Å². The van der Waals surface area contributed by atoms with E-state index < -0.39 is 78.4 Å². The number of Topliss-reactive ketones (excluding diaryl/α,β-unsaturated/α-hetero) is 2. The molecule has 2 fully saturated rings. The Hall–Kier alpha value is -6.86. The predicted molar refractivity (Wildman–Crippen MR) is 359 cm³/mol. The fourth-order valence-electron chi connectivity index (χ4n) is 13.0. The summed E-state index contributed by atoms with van der Waals surface area (Å²) in [5, 5.41) is 16.9. The highest BCUT2D eigenvalue weighted by atomic mass is 16.7. The standard InChI is InChI=1S/C70H112N10O14/c1-16-45(8)62(79(13)68(89)60(43(4)5)77-66(87)61(44(6)7)78(11)12)56(91-14)38-58(84)80-34-22-27-53(80)63(92-15)46(9)54(81)37-51(35-47-23-18-17-19-24-47)64(85)74-39-48-29-31-52(32-30-48)75-65(86)50(26-21-33-73-70(71)90)36-55(82)59(42(2)3)76-57(83)28-20-25-49-40-93-69(94-41-49)67(88)72-10/h17-19,23-24,29-32,42-46,49-51,53,56,59-63,69H,16,20-22,25-28,33-41H2,1-15H3,(H,72,88)(H,74,85)(H,75,86)(H,76,83)(H,77,87)(H3,71,73,90)/t45-,46-,49?,50+,51+,53-,56+,59-,60-,61-,62-,63+,69?/m0/s1. The number of hydrogen-bond donors (Lipinski definition) is 7. The van der Waals surface area contributed by atoms with Crippen LogP contribution in [0.4, 0.5) is 10.5 Å². The summed E-state index contributed by atoms with van der Waals surface area (Å²) in [6, 6.07) is 12.5. The Morgan fingerprint density at radius 3 is 1.91 bits per heavy atom. The molecule has 2 aromatic carbocycles. The summed E-state index contributed by atoms with van der Waals surface area (Å²) in [5.74, 6) is -5.61. The molecule has 2 saturated heterocycles. The van der Waals surface area contributed by atoms with E-state index in [4.69, 9.17) is 24.7 Å². The van der Waals surface area contributed by atoms with Crippen molar-refractivity contribution in [1.29, 1.82) is 0 Å². The van der Waals surface area contributed by atoms with Crippen LogP contribution in [0.2, 0.25) is 0 Å². The number of carbonyl (C=O) groups is 10. The molecule has 8 N–H and O–H groups in total. The van der Waals surface area contributed by atoms with Crippen LogP contribution in [0.25, 0.3) is 0 Å². The van der Waals surface area contributed by atoms with E-state index in [1.54, 1.807) is 55.1 Å². The van der Waals surface area contributed by atoms with Crippen LogP contribution in [-0.4, -0.2) is 191 Å². The maximum absolute atomic E-state index is 14.6. The van der Waals surface area contributed by atoms with Crippen molar-refractivity contribution in [3.05, 3.63) is 65.7 Å². The van der Waals surface area contributed by atoms with Crippen LogP contribution in [0.3, 0.4) is 0 Å². The lowest BCUT2D eigenvalue weighted by Gasteiger charge is -2.41. The zero-order chi connectivity index (χ0) is 69.9. The Bertz CT molecular complexity index is 2750. The van der Waals surface area contributed by atoms with E-state index in [2.05, 4.69) is 31.9 Å². The molecule has 0 bridgehead atoms. The molecule has 0 spiro atoms. The van der Waals surface area contributed by atoms with Crippen LogP contribution in [0.15, 0.2) is 54.6 Å². The number of ether oxygens (including phenoxy) is 4. The molecule has 0 radical (unpaired) electrons. The molecule has 94 heavy (non-hydrogen) atoms. The Balaban J connectivity index is 1.42. The van der Waals surface area contributed by atoms with E-state index >= 15 is 0 Å². The van der Waals surface area contributed by atoms with Crippen molar-refractivity contribution >= 4 is 64.6 Å². The number of anilines is 1. The lowest BCUT2D eigenvalue weighted by Crippen LogP contribution is -2.59. The van der Waals surface area contributed by atoms with E-state index in [1.165, 1.54) is 14.2 Å². The highest BCUT2D eigenvalue weighted by Gasteiger charge is 2.44. The predicted octanol–water partition coefficient (Wildman–Crippen LogP) is 5.78. The van der Waals surface area contributed by atoms with Crippen LogP contribution in [0.5, 0.6) is 0 Å². The summed E-state index contributed by atoms with van der Waals surface area (Å²) in [6.07, 6.45) is 1.34. The summed E-state index contributed by atoms with van der Waals surface area (Å²) in [5.41, 5.74) is 7.30. The van der Waals surface area contributed by atoms with E-state index in [0.29, 0.717) is 69.5 Å². The van der Waals surface area contributed by atoms with Crippen molar-refractivity contribution in [3.63, 3.8) is 0 Å². The number of ketones is 2. The van der Waals surface area contributed by atoms with E-state index in [0.717, 1.165) is 5.56 Å². The van der Waals surface area contributed by atoms with Gasteiger partial charge in [-0.05, 0) is 106 Å². The minimum Gasteiger partial charge on any atom is -0.379 e. The Morgan fingerprint density at radius 2 is 1.35 bits per heavy atom. The van der Waals surface area contributed by atoms with Crippen LogP contribution in [0.1, 0.15) is 144 Å². The number of likely N-dealkylation sites (N-methyl/N-ethyl adjacent to an activating group) is 3. The van der Waals surface area contributed by atoms with Gasteiger partial charge in [0.2, 0.25) is 41.7 Å². The summed E-state index contributed by atoms with van der Waals surface area (Å²) in [4.78, 5) is 141. The molecular formula is C70H112N10O14. The molecule has 0 unspecified atom stereocenters. The number of primary amides is 1. The molecule has 2 aromatic rings. The van der Waals surface area contributed by atoms with E-state index in [-0.39, 0.29) is 128 Å². The number of amides is 9. The monoisotopic (exact) mass is 1320 g/mol. The third-order valence-corrected chi connectivity index (χ3v) is 18.5. The molecule has 24 nitrogen and oxygen atoms in total. The molecule has 0 aliphatic carbocycles. The number of hydrogen-bond acceptors (Lipinski definition) is 15. The molecule has 526 valence electrons. The Labute approximate surface area is 558 Å². The lowest BCUT2D eigenvalue weighted by molar-refractivity contribution is -0.204. The van der Waals surface area contributed by atoms with Gasteiger partial charge in [-0.3, -0.25) is 48.1 Å². The van der Waals surface area contributed by atoms with Gasteiger partial charge in [0, 0.05) is 96.6 Å². The van der Waals surface area contributed by atoms with Crippen molar-refractivity contribution in [2.45, 2.75) is 195 Å². The van der Waals surface area contributed by atoms with Crippen molar-refractivity contribution in [2.24, 2.45) is 53.1 Å². The molecular weight excluding hydrogens is 1200 g/mol. The zero-order valence-electron chi connectivity index (χ0n) is 58.6. The van der Waals surface area contributed by atoms with Crippen LogP contribution >= 0.6 is 0 Å². The van der Waals surface area contributed by atoms with Crippen molar-refractivity contribution in [2.75, 3.05) is 74.0 Å². The highest BCUT2D eigenvalue weighted by molar-refractivity contribution is 5.97. The number of nitrogens with one attached hydrogen (secondary N) is 6. The largest absolute Gasteiger partial charge is 0.379 e. The van der Waals surface area contributed by atoms with Gasteiger partial charge in [-0.2, -0.15) is 0 Å². The summed E-state index contributed by atoms with van der Waals surface area (Å²) < 4.78 is 23.3. The van der Waals surface area contributed by atoms with Gasteiger partial charge >= 0.3 is 6.03 Å². The van der Waals surface area contributed by atoms with Crippen LogP contribution in [0, 0.1) is 47.3 Å². The second-order valence-electron chi connectivity index (χ2n) is 26.9. The minimum absolute atomic E-state index is 0.000544. The van der Waals surface area contributed by atoms with Gasteiger partial charge in [0.25, 0.3) is 5.91 Å². The Kier molecular flexibility index (Phi) is 33.8. The van der Waals surface area contributed by atoms with E-state index in [9.17, 15) is 47.9 Å². The first-order valence-corrected chi connectivity index (χ1v) is 33.7. The lowest BCUT2D eigenvalue weighted by atomic mass is 9.85. The van der Waals surface area contributed by atoms with Crippen molar-refractivity contribution in [3.8, 4) is 0 Å². The topological polar surface area (TPSA) is 316 Å². The first-order chi connectivity index (χ1) is 44.6. The number of nitrogens with two attached hydrogens (primary N) is 1. The molecule has 11 atom stereocenters. The third-order valence-electron chi connectivity index (χ3n) is 18.5. The first-order valence-electron chi connectivity index (χ1n) is 33.7. The van der Waals surface area contributed by atoms with Crippen LogP contribution < -0.4 is 37.6 Å². The number of methoxy groups -OCH3 is 2. The molecule has 9 amide bonds. The van der Waals surface area contributed by atoms with Crippen LogP contribution in [-0.2, 0) is 75.1 Å². The quantitative estimate of drug-likeness (QED) is 0.0389. The van der Waals surface area contributed by atoms with Crippen molar-refractivity contribution in [1.82, 2.24) is 41.3 Å². The fourth-order valence-corrected chi connectivity index (χ4v) is 13.0. The normalized spacial score (nSPS) is 19.0. The highest BCUT2D eigenvalue weighted by Crippen LogP contribution is 2.32. The fraction of sp³-hybridized carbons (Fsp3) is 0.686. The maximum atomic E-state index is 14.6. The molecule has 24 heteroatoms. The summed E-state index contributed by atoms with van der Waals surface area (Å²) >= 11 is 0. The first kappa shape index (κ1) is 79.6. The summed E-state index contributed by atoms with van der Waals surface area (Å²) in [7, 11) is 9.96. The second-order valence-corrected chi connectivity index (χ2v) is 26.9. The number of benzene rings is 2. The number of likely N-dealkylation sites (tertiary alicyclic amines) is 1. The molecule has 2 aliphatic heterocycles.